The third kappa shape index (κ3) is 5.08. The van der Waals surface area contributed by atoms with E-state index in [0.717, 1.165) is 22.4 Å². The zero-order valence-electron chi connectivity index (χ0n) is 27.3. The van der Waals surface area contributed by atoms with E-state index in [9.17, 15) is 0 Å². The van der Waals surface area contributed by atoms with Crippen LogP contribution in [0.2, 0.25) is 0 Å². The highest BCUT2D eigenvalue weighted by atomic mass is 14.7. The molecule has 0 aliphatic heterocycles. The fourth-order valence-electron chi connectivity index (χ4n) is 7.41. The molecule has 0 saturated heterocycles. The number of hydrogen-bond acceptors (Lipinski definition) is 1. The van der Waals surface area contributed by atoms with Gasteiger partial charge in [0.05, 0.1) is 5.69 Å². The molecule has 0 radical (unpaired) electrons. The van der Waals surface area contributed by atoms with Crippen LogP contribution in [-0.4, -0.2) is 4.98 Å². The molecule has 230 valence electrons. The van der Waals surface area contributed by atoms with Gasteiger partial charge in [-0.25, -0.2) is 0 Å². The fraction of sp³-hybridized carbons (Fsp3) is 0.0208. The molecule has 0 aliphatic rings. The van der Waals surface area contributed by atoms with Gasteiger partial charge in [0, 0.05) is 17.3 Å². The summed E-state index contributed by atoms with van der Waals surface area (Å²) in [5.41, 5.74) is 13.1. The van der Waals surface area contributed by atoms with Gasteiger partial charge in [-0.2, -0.15) is 0 Å². The molecule has 0 spiro atoms. The number of rotatable bonds is 5. The monoisotopic (exact) mass is 623 g/mol. The van der Waals surface area contributed by atoms with E-state index in [-0.39, 0.29) is 0 Å². The van der Waals surface area contributed by atoms with E-state index in [4.69, 9.17) is 4.98 Å². The summed E-state index contributed by atoms with van der Waals surface area (Å²) in [6, 6.07) is 63.7. The van der Waals surface area contributed by atoms with E-state index in [0.29, 0.717) is 0 Å². The minimum atomic E-state index is 0.983. The molecule has 0 fully saturated rings. The van der Waals surface area contributed by atoms with Gasteiger partial charge in [0.2, 0.25) is 0 Å². The fourth-order valence-corrected chi connectivity index (χ4v) is 7.41. The molecule has 0 unspecified atom stereocenters. The summed E-state index contributed by atoms with van der Waals surface area (Å²) in [7, 11) is 0. The molecule has 49 heavy (non-hydrogen) atoms. The molecule has 1 nitrogen and oxygen atoms in total. The average Bonchev–Trinajstić information content (AvgIpc) is 3.17. The lowest BCUT2D eigenvalue weighted by molar-refractivity contribution is 1.32. The first-order valence-electron chi connectivity index (χ1n) is 16.9. The Kier molecular flexibility index (Phi) is 7.10. The van der Waals surface area contributed by atoms with Gasteiger partial charge in [-0.05, 0) is 84.3 Å². The Morgan fingerprint density at radius 1 is 0.306 bits per heavy atom. The van der Waals surface area contributed by atoms with E-state index >= 15 is 0 Å². The van der Waals surface area contributed by atoms with E-state index in [1.165, 1.54) is 71.3 Å². The molecule has 0 N–H and O–H groups in total. The van der Waals surface area contributed by atoms with E-state index < -0.39 is 0 Å². The van der Waals surface area contributed by atoms with Crippen molar-refractivity contribution in [3.05, 3.63) is 188 Å². The summed E-state index contributed by atoms with van der Waals surface area (Å²) < 4.78 is 0. The van der Waals surface area contributed by atoms with Crippen LogP contribution in [0.3, 0.4) is 0 Å². The van der Waals surface area contributed by atoms with Crippen molar-refractivity contribution in [2.75, 3.05) is 0 Å². The number of aromatic nitrogens is 1. The first-order chi connectivity index (χ1) is 24.2. The van der Waals surface area contributed by atoms with Crippen molar-refractivity contribution in [3.63, 3.8) is 0 Å². The van der Waals surface area contributed by atoms with Crippen molar-refractivity contribution in [2.24, 2.45) is 0 Å². The van der Waals surface area contributed by atoms with Crippen LogP contribution < -0.4 is 0 Å². The van der Waals surface area contributed by atoms with Gasteiger partial charge in [0.25, 0.3) is 0 Å². The molecule has 0 saturated carbocycles. The van der Waals surface area contributed by atoms with Gasteiger partial charge in [-0.1, -0.05) is 175 Å². The summed E-state index contributed by atoms with van der Waals surface area (Å²) in [6.45, 7) is 2.14. The molecule has 8 aromatic carbocycles. The Bertz CT molecular complexity index is 2560. The molecule has 1 heterocycles. The van der Waals surface area contributed by atoms with Gasteiger partial charge in [-0.3, -0.25) is 4.98 Å². The van der Waals surface area contributed by atoms with Crippen LogP contribution in [0.25, 0.3) is 88.1 Å². The lowest BCUT2D eigenvalue weighted by atomic mass is 9.83. The standard InChI is InChI=1S/C48H33N/c1-32-19-21-34(22-20-32)38-28-29-45(40-14-6-5-13-39(38)40)48-43-17-9-7-15-41(43)47(42-16-8-10-18-44(42)48)36-25-23-33(24-26-36)37-27-30-46(49-31-37)35-11-3-2-4-12-35/h2-31H,1H3. The van der Waals surface area contributed by atoms with Gasteiger partial charge >= 0.3 is 0 Å². The highest BCUT2D eigenvalue weighted by Gasteiger charge is 2.19. The quantitative estimate of drug-likeness (QED) is 0.174. The molecular weight excluding hydrogens is 591 g/mol. The lowest BCUT2D eigenvalue weighted by Crippen LogP contribution is -1.92. The first kappa shape index (κ1) is 28.9. The van der Waals surface area contributed by atoms with Gasteiger partial charge in [0.15, 0.2) is 0 Å². The molecule has 0 bridgehead atoms. The SMILES string of the molecule is Cc1ccc(-c2ccc(-c3c4ccccc4c(-c4ccc(-c5ccc(-c6ccccc6)nc5)cc4)c4ccccc34)c3ccccc23)cc1. The van der Waals surface area contributed by atoms with Crippen molar-refractivity contribution in [1.29, 1.82) is 0 Å². The van der Waals surface area contributed by atoms with Gasteiger partial charge in [-0.15, -0.1) is 0 Å². The number of pyridine rings is 1. The van der Waals surface area contributed by atoms with Crippen LogP contribution in [0.5, 0.6) is 0 Å². The average molecular weight is 624 g/mol. The molecule has 1 aromatic heterocycles. The lowest BCUT2D eigenvalue weighted by Gasteiger charge is -2.20. The maximum Gasteiger partial charge on any atom is 0.0702 e. The minimum Gasteiger partial charge on any atom is -0.256 e. The Balaban J connectivity index is 1.20. The van der Waals surface area contributed by atoms with Crippen molar-refractivity contribution in [3.8, 4) is 55.8 Å². The van der Waals surface area contributed by atoms with Crippen LogP contribution in [0.15, 0.2) is 182 Å². The highest BCUT2D eigenvalue weighted by Crippen LogP contribution is 2.46. The van der Waals surface area contributed by atoms with Crippen molar-refractivity contribution in [1.82, 2.24) is 4.98 Å². The predicted octanol–water partition coefficient (Wildman–Crippen LogP) is 13.2. The maximum atomic E-state index is 4.77. The van der Waals surface area contributed by atoms with E-state index in [2.05, 4.69) is 165 Å². The number of nitrogens with zero attached hydrogens (tertiary/aromatic N) is 1. The number of hydrogen-bond donors (Lipinski definition) is 0. The molecule has 9 rings (SSSR count). The first-order valence-corrected chi connectivity index (χ1v) is 16.9. The van der Waals surface area contributed by atoms with Gasteiger partial charge in [0.1, 0.15) is 0 Å². The van der Waals surface area contributed by atoms with Crippen molar-refractivity contribution >= 4 is 32.3 Å². The van der Waals surface area contributed by atoms with Crippen LogP contribution in [0, 0.1) is 6.92 Å². The molecule has 0 amide bonds. The minimum absolute atomic E-state index is 0.983. The second-order valence-corrected chi connectivity index (χ2v) is 12.8. The predicted molar refractivity (Wildman–Crippen MR) is 209 cm³/mol. The van der Waals surface area contributed by atoms with Crippen molar-refractivity contribution in [2.45, 2.75) is 6.92 Å². The highest BCUT2D eigenvalue weighted by molar-refractivity contribution is 6.24. The summed E-state index contributed by atoms with van der Waals surface area (Å²) in [5.74, 6) is 0. The van der Waals surface area contributed by atoms with Crippen LogP contribution in [0.1, 0.15) is 5.56 Å². The zero-order chi connectivity index (χ0) is 32.7. The topological polar surface area (TPSA) is 12.9 Å². The van der Waals surface area contributed by atoms with Crippen LogP contribution in [0.4, 0.5) is 0 Å². The molecule has 1 heteroatoms. The van der Waals surface area contributed by atoms with E-state index in [1.807, 2.05) is 24.4 Å². The smallest absolute Gasteiger partial charge is 0.0702 e. The second-order valence-electron chi connectivity index (χ2n) is 12.8. The Labute approximate surface area is 286 Å². The normalized spacial score (nSPS) is 11.4. The second kappa shape index (κ2) is 12.0. The van der Waals surface area contributed by atoms with Gasteiger partial charge < -0.3 is 0 Å². The Morgan fingerprint density at radius 3 is 1.37 bits per heavy atom. The largest absolute Gasteiger partial charge is 0.256 e. The summed E-state index contributed by atoms with van der Waals surface area (Å²) >= 11 is 0. The maximum absolute atomic E-state index is 4.77. The number of benzene rings is 8. The summed E-state index contributed by atoms with van der Waals surface area (Å²) in [5, 5.41) is 7.56. The summed E-state index contributed by atoms with van der Waals surface area (Å²) in [6.07, 6.45) is 1.98. The van der Waals surface area contributed by atoms with Crippen molar-refractivity contribution < 1.29 is 0 Å². The van der Waals surface area contributed by atoms with Crippen LogP contribution in [-0.2, 0) is 0 Å². The molecular formula is C48H33N. The molecule has 0 aliphatic carbocycles. The third-order valence-electron chi connectivity index (χ3n) is 9.83. The van der Waals surface area contributed by atoms with E-state index in [1.54, 1.807) is 0 Å². The zero-order valence-corrected chi connectivity index (χ0v) is 27.3. The number of aryl methyl sites for hydroxylation is 1. The summed E-state index contributed by atoms with van der Waals surface area (Å²) in [4.78, 5) is 4.77. The molecule has 0 atom stereocenters. The number of fused-ring (bicyclic) bond motifs is 3. The Hall–Kier alpha value is -6.31. The molecule has 9 aromatic rings. The third-order valence-corrected chi connectivity index (χ3v) is 9.83. The Morgan fingerprint density at radius 2 is 0.776 bits per heavy atom. The van der Waals surface area contributed by atoms with Crippen LogP contribution >= 0.6 is 0 Å².